The van der Waals surface area contributed by atoms with E-state index in [1.807, 2.05) is 0 Å². The van der Waals surface area contributed by atoms with Gasteiger partial charge < -0.3 is 21.7 Å². The summed E-state index contributed by atoms with van der Waals surface area (Å²) in [6.07, 6.45) is -1.72. The van der Waals surface area contributed by atoms with Crippen molar-refractivity contribution in [1.82, 2.24) is 25.9 Å². The SMILES string of the molecule is Nc1ncc(-c2cccc(C(=O)NCc3cccc(C(F)(F)F)c3F)c2)nc1C(=O)N[C@H]1CCCNC1. The average molecular weight is 516 g/mol. The maximum Gasteiger partial charge on any atom is 0.419 e. The molecule has 2 heterocycles. The number of amides is 2. The number of nitrogens with zero attached hydrogens (tertiary/aromatic N) is 2. The van der Waals surface area contributed by atoms with Crippen molar-refractivity contribution in [2.75, 3.05) is 18.8 Å². The van der Waals surface area contributed by atoms with Crippen molar-refractivity contribution in [3.8, 4) is 11.3 Å². The van der Waals surface area contributed by atoms with E-state index in [2.05, 4.69) is 25.9 Å². The Morgan fingerprint density at radius 1 is 1.14 bits per heavy atom. The van der Waals surface area contributed by atoms with Gasteiger partial charge in [0, 0.05) is 35.8 Å². The molecule has 0 bridgehead atoms. The molecule has 194 valence electrons. The number of halogens is 4. The van der Waals surface area contributed by atoms with E-state index in [9.17, 15) is 27.2 Å². The van der Waals surface area contributed by atoms with Crippen LogP contribution in [0.4, 0.5) is 23.4 Å². The summed E-state index contributed by atoms with van der Waals surface area (Å²) in [6, 6.07) is 9.00. The third kappa shape index (κ3) is 6.20. The quantitative estimate of drug-likeness (QED) is 0.373. The number of nitrogens with two attached hydrogens (primary N) is 1. The van der Waals surface area contributed by atoms with Gasteiger partial charge in [-0.1, -0.05) is 24.3 Å². The number of piperidine rings is 1. The normalized spacial score (nSPS) is 15.7. The Morgan fingerprint density at radius 2 is 1.92 bits per heavy atom. The lowest BCUT2D eigenvalue weighted by molar-refractivity contribution is -0.140. The minimum Gasteiger partial charge on any atom is -0.382 e. The van der Waals surface area contributed by atoms with E-state index < -0.39 is 35.9 Å². The van der Waals surface area contributed by atoms with E-state index in [0.29, 0.717) is 23.9 Å². The van der Waals surface area contributed by atoms with Crippen LogP contribution in [0.2, 0.25) is 0 Å². The molecule has 4 rings (SSSR count). The van der Waals surface area contributed by atoms with Crippen molar-refractivity contribution < 1.29 is 27.2 Å². The van der Waals surface area contributed by atoms with Crippen LogP contribution in [0.1, 0.15) is 44.8 Å². The third-order valence-corrected chi connectivity index (χ3v) is 5.89. The maximum absolute atomic E-state index is 14.3. The molecule has 0 saturated carbocycles. The fraction of sp³-hybridized carbons (Fsp3) is 0.280. The fourth-order valence-corrected chi connectivity index (χ4v) is 3.97. The number of alkyl halides is 3. The molecule has 8 nitrogen and oxygen atoms in total. The predicted octanol–water partition coefficient (Wildman–Crippen LogP) is 3.30. The molecule has 1 fully saturated rings. The van der Waals surface area contributed by atoms with Gasteiger partial charge in [0.1, 0.15) is 5.82 Å². The van der Waals surface area contributed by atoms with Gasteiger partial charge in [0.25, 0.3) is 11.8 Å². The molecule has 37 heavy (non-hydrogen) atoms. The monoisotopic (exact) mass is 516 g/mol. The number of benzene rings is 2. The topological polar surface area (TPSA) is 122 Å². The number of hydrogen-bond donors (Lipinski definition) is 4. The Labute approximate surface area is 209 Å². The predicted molar refractivity (Wildman–Crippen MR) is 128 cm³/mol. The molecule has 1 atom stereocenters. The molecule has 2 aromatic carbocycles. The van der Waals surface area contributed by atoms with E-state index in [4.69, 9.17) is 5.73 Å². The molecule has 1 aliphatic heterocycles. The number of rotatable bonds is 6. The van der Waals surface area contributed by atoms with Gasteiger partial charge in [-0.2, -0.15) is 13.2 Å². The number of nitrogen functional groups attached to an aromatic ring is 1. The number of hydrogen-bond acceptors (Lipinski definition) is 6. The summed E-state index contributed by atoms with van der Waals surface area (Å²) in [5, 5.41) is 8.51. The molecule has 1 aliphatic rings. The first-order valence-electron chi connectivity index (χ1n) is 11.5. The first-order chi connectivity index (χ1) is 17.6. The lowest BCUT2D eigenvalue weighted by atomic mass is 10.1. The van der Waals surface area contributed by atoms with Crippen LogP contribution in [0.25, 0.3) is 11.3 Å². The summed E-state index contributed by atoms with van der Waals surface area (Å²) in [6.45, 7) is 1.09. The second-order valence-corrected chi connectivity index (χ2v) is 8.55. The summed E-state index contributed by atoms with van der Waals surface area (Å²) < 4.78 is 53.1. The van der Waals surface area contributed by atoms with Crippen LogP contribution in [0, 0.1) is 5.82 Å². The van der Waals surface area contributed by atoms with Gasteiger partial charge in [-0.25, -0.2) is 14.4 Å². The van der Waals surface area contributed by atoms with E-state index in [1.165, 1.54) is 24.4 Å². The van der Waals surface area contributed by atoms with Crippen LogP contribution in [-0.4, -0.2) is 40.9 Å². The van der Waals surface area contributed by atoms with Gasteiger partial charge in [-0.05, 0) is 37.6 Å². The van der Waals surface area contributed by atoms with Crippen molar-refractivity contribution in [2.45, 2.75) is 31.6 Å². The molecular weight excluding hydrogens is 492 g/mol. The molecule has 3 aromatic rings. The summed E-state index contributed by atoms with van der Waals surface area (Å²) in [5.74, 6) is -2.57. The molecule has 0 radical (unpaired) electrons. The second kappa shape index (κ2) is 10.9. The van der Waals surface area contributed by atoms with Crippen LogP contribution < -0.4 is 21.7 Å². The molecule has 1 aromatic heterocycles. The fourth-order valence-electron chi connectivity index (χ4n) is 3.97. The number of aromatic nitrogens is 2. The lowest BCUT2D eigenvalue weighted by Crippen LogP contribution is -2.46. The zero-order valence-corrected chi connectivity index (χ0v) is 19.5. The Morgan fingerprint density at radius 3 is 2.65 bits per heavy atom. The Bertz CT molecular complexity index is 1310. The first-order valence-corrected chi connectivity index (χ1v) is 11.5. The largest absolute Gasteiger partial charge is 0.419 e. The minimum atomic E-state index is -4.85. The van der Waals surface area contributed by atoms with E-state index in [1.54, 1.807) is 12.1 Å². The smallest absolute Gasteiger partial charge is 0.382 e. The number of carbonyl (C=O) groups excluding carboxylic acids is 2. The highest BCUT2D eigenvalue weighted by molar-refractivity contribution is 5.97. The van der Waals surface area contributed by atoms with Gasteiger partial charge >= 0.3 is 6.18 Å². The molecule has 0 aliphatic carbocycles. The highest BCUT2D eigenvalue weighted by Crippen LogP contribution is 2.32. The maximum atomic E-state index is 14.3. The number of carbonyl (C=O) groups is 2. The number of anilines is 1. The van der Waals surface area contributed by atoms with Gasteiger partial charge in [0.05, 0.1) is 17.5 Å². The molecule has 0 spiro atoms. The van der Waals surface area contributed by atoms with Gasteiger partial charge in [-0.15, -0.1) is 0 Å². The van der Waals surface area contributed by atoms with Crippen molar-refractivity contribution in [3.05, 3.63) is 76.9 Å². The standard InChI is InChI=1S/C25H24F4N6O2/c26-20-16(6-2-8-18(20)25(27,28)29)11-33-23(36)15-5-1-4-14(10-15)19-13-32-22(30)21(35-19)24(37)34-17-7-3-9-31-12-17/h1-2,4-6,8,10,13,17,31H,3,7,9,11-12H2,(H2,30,32)(H,33,36)(H,34,37)/t17-/m0/s1. The van der Waals surface area contributed by atoms with E-state index in [-0.39, 0.29) is 28.7 Å². The van der Waals surface area contributed by atoms with Gasteiger partial charge in [0.2, 0.25) is 0 Å². The van der Waals surface area contributed by atoms with Crippen LogP contribution >= 0.6 is 0 Å². The van der Waals surface area contributed by atoms with Crippen LogP contribution in [0.5, 0.6) is 0 Å². The lowest BCUT2D eigenvalue weighted by Gasteiger charge is -2.23. The first kappa shape index (κ1) is 26.0. The van der Waals surface area contributed by atoms with E-state index in [0.717, 1.165) is 25.5 Å². The second-order valence-electron chi connectivity index (χ2n) is 8.55. The van der Waals surface area contributed by atoms with Crippen molar-refractivity contribution in [2.24, 2.45) is 0 Å². The third-order valence-electron chi connectivity index (χ3n) is 5.89. The molecule has 5 N–H and O–H groups in total. The average Bonchev–Trinajstić information content (AvgIpc) is 2.88. The molecule has 1 saturated heterocycles. The van der Waals surface area contributed by atoms with Crippen molar-refractivity contribution in [3.63, 3.8) is 0 Å². The van der Waals surface area contributed by atoms with Gasteiger partial charge in [-0.3, -0.25) is 9.59 Å². The van der Waals surface area contributed by atoms with Crippen LogP contribution in [0.3, 0.4) is 0 Å². The highest BCUT2D eigenvalue weighted by atomic mass is 19.4. The highest BCUT2D eigenvalue weighted by Gasteiger charge is 2.34. The molecular formula is C25H24F4N6O2. The van der Waals surface area contributed by atoms with Crippen LogP contribution in [0.15, 0.2) is 48.7 Å². The minimum absolute atomic E-state index is 0.0398. The molecule has 12 heteroatoms. The summed E-state index contributed by atoms with van der Waals surface area (Å²) >= 11 is 0. The number of nitrogens with one attached hydrogen (secondary N) is 3. The zero-order valence-electron chi connectivity index (χ0n) is 19.5. The Kier molecular flexibility index (Phi) is 7.67. The molecule has 2 amide bonds. The summed E-state index contributed by atoms with van der Waals surface area (Å²) in [5.41, 5.74) is 5.04. The zero-order chi connectivity index (χ0) is 26.6. The summed E-state index contributed by atoms with van der Waals surface area (Å²) in [4.78, 5) is 33.8. The Balaban J connectivity index is 1.49. The Hall–Kier alpha value is -4.06. The van der Waals surface area contributed by atoms with Crippen molar-refractivity contribution >= 4 is 17.6 Å². The summed E-state index contributed by atoms with van der Waals surface area (Å²) in [7, 11) is 0. The molecule has 0 unspecified atom stereocenters. The van der Waals surface area contributed by atoms with E-state index >= 15 is 0 Å². The van der Waals surface area contributed by atoms with Crippen LogP contribution in [-0.2, 0) is 12.7 Å². The van der Waals surface area contributed by atoms with Crippen molar-refractivity contribution in [1.29, 1.82) is 0 Å². The van der Waals surface area contributed by atoms with Gasteiger partial charge in [0.15, 0.2) is 11.5 Å².